The van der Waals surface area contributed by atoms with Crippen molar-refractivity contribution in [2.24, 2.45) is 0 Å². The van der Waals surface area contributed by atoms with E-state index in [9.17, 15) is 0 Å². The molecule has 1 nitrogen and oxygen atoms in total. The van der Waals surface area contributed by atoms with Crippen LogP contribution < -0.4 is 29.6 Å². The van der Waals surface area contributed by atoms with Gasteiger partial charge in [-0.3, -0.25) is 0 Å². The van der Waals surface area contributed by atoms with Crippen molar-refractivity contribution in [3.05, 3.63) is 24.6 Å². The fourth-order valence-corrected chi connectivity index (χ4v) is 5.89. The SMILES string of the molecule is C=C[SiH](C=C)N(C)[Si](C)(C)C.[H-].[Na+]. The summed E-state index contributed by atoms with van der Waals surface area (Å²) in [7, 11) is 0.0994. The molecular formula is C8H20NNaSi2. The Balaban J connectivity index is -0.000000500. The molecule has 0 aromatic carbocycles. The first-order valence-corrected chi connectivity index (χ1v) is 9.21. The Labute approximate surface area is 103 Å². The van der Waals surface area contributed by atoms with Crippen LogP contribution in [0.25, 0.3) is 0 Å². The molecule has 0 aliphatic rings. The second kappa shape index (κ2) is 6.35. The first-order valence-electron chi connectivity index (χ1n) is 3.91. The fraction of sp³-hybridized carbons (Fsp3) is 0.500. The summed E-state index contributed by atoms with van der Waals surface area (Å²) in [5.74, 6) is 0. The van der Waals surface area contributed by atoms with Gasteiger partial charge in [0.1, 0.15) is 8.24 Å². The zero-order chi connectivity index (χ0) is 9.07. The van der Waals surface area contributed by atoms with Crippen molar-refractivity contribution in [3.63, 3.8) is 0 Å². The van der Waals surface area contributed by atoms with Crippen molar-refractivity contribution < 1.29 is 31.0 Å². The van der Waals surface area contributed by atoms with Gasteiger partial charge in [0, 0.05) is 0 Å². The van der Waals surface area contributed by atoms with Crippen molar-refractivity contribution in [1.82, 2.24) is 4.23 Å². The molecule has 0 aliphatic carbocycles. The van der Waals surface area contributed by atoms with Gasteiger partial charge in [-0.25, -0.2) is 0 Å². The molecule has 0 bridgehead atoms. The maximum Gasteiger partial charge on any atom is 1.00 e. The van der Waals surface area contributed by atoms with Crippen LogP contribution in [0.4, 0.5) is 0 Å². The van der Waals surface area contributed by atoms with E-state index in [-0.39, 0.29) is 31.0 Å². The Morgan fingerprint density at radius 3 is 1.67 bits per heavy atom. The molecule has 0 amide bonds. The smallest absolute Gasteiger partial charge is 1.00 e. The number of rotatable bonds is 4. The van der Waals surface area contributed by atoms with Crippen LogP contribution >= 0.6 is 0 Å². The summed E-state index contributed by atoms with van der Waals surface area (Å²) in [6.07, 6.45) is 0. The summed E-state index contributed by atoms with van der Waals surface area (Å²) in [5, 5.41) is 0. The zero-order valence-corrected chi connectivity index (χ0v) is 13.2. The van der Waals surface area contributed by atoms with Gasteiger partial charge in [-0.05, 0) is 7.05 Å². The summed E-state index contributed by atoms with van der Waals surface area (Å²) in [6.45, 7) is 14.7. The Bertz CT molecular complexity index is 151. The van der Waals surface area contributed by atoms with E-state index in [2.05, 4.69) is 55.5 Å². The maximum atomic E-state index is 3.84. The molecule has 66 valence electrons. The van der Waals surface area contributed by atoms with Crippen molar-refractivity contribution in [2.75, 3.05) is 7.05 Å². The average Bonchev–Trinajstić information content (AvgIpc) is 1.88. The van der Waals surface area contributed by atoms with E-state index in [1.807, 2.05) is 0 Å². The topological polar surface area (TPSA) is 3.24 Å². The van der Waals surface area contributed by atoms with E-state index < -0.39 is 17.2 Å². The van der Waals surface area contributed by atoms with Crippen LogP contribution in [-0.4, -0.2) is 28.5 Å². The van der Waals surface area contributed by atoms with Gasteiger partial charge >= 0.3 is 29.6 Å². The van der Waals surface area contributed by atoms with Crippen molar-refractivity contribution in [3.8, 4) is 0 Å². The van der Waals surface area contributed by atoms with Gasteiger partial charge in [0.25, 0.3) is 0 Å². The van der Waals surface area contributed by atoms with E-state index in [1.54, 1.807) is 0 Å². The van der Waals surface area contributed by atoms with Gasteiger partial charge in [-0.2, -0.15) is 0 Å². The summed E-state index contributed by atoms with van der Waals surface area (Å²) in [6, 6.07) is 0. The minimum atomic E-state index is -1.11. The first kappa shape index (κ1) is 15.4. The van der Waals surface area contributed by atoms with Gasteiger partial charge < -0.3 is 5.66 Å². The van der Waals surface area contributed by atoms with E-state index in [0.717, 1.165) is 0 Å². The second-order valence-electron chi connectivity index (χ2n) is 3.74. The molecule has 0 aliphatic heterocycles. The predicted octanol–water partition coefficient (Wildman–Crippen LogP) is -0.956. The van der Waals surface area contributed by atoms with Crippen molar-refractivity contribution in [2.45, 2.75) is 19.6 Å². The van der Waals surface area contributed by atoms with Crippen LogP contribution in [0.1, 0.15) is 1.43 Å². The Morgan fingerprint density at radius 1 is 1.25 bits per heavy atom. The normalized spacial score (nSPS) is 11.2. The van der Waals surface area contributed by atoms with Gasteiger partial charge in [-0.1, -0.05) is 31.0 Å². The minimum Gasteiger partial charge on any atom is -1.00 e. The van der Waals surface area contributed by atoms with E-state index in [1.165, 1.54) is 0 Å². The zero-order valence-electron chi connectivity index (χ0n) is 10.1. The number of nitrogens with zero attached hydrogens (tertiary/aromatic N) is 1. The molecule has 12 heavy (non-hydrogen) atoms. The van der Waals surface area contributed by atoms with Crippen LogP contribution in [0.2, 0.25) is 19.6 Å². The molecule has 0 aromatic rings. The summed E-state index contributed by atoms with van der Waals surface area (Å²) in [5.41, 5.74) is 4.15. The maximum absolute atomic E-state index is 3.84. The van der Waals surface area contributed by atoms with Crippen LogP contribution in [-0.2, 0) is 0 Å². The molecule has 0 spiro atoms. The molecule has 0 atom stereocenters. The molecule has 0 radical (unpaired) electrons. The summed E-state index contributed by atoms with van der Waals surface area (Å²) in [4.78, 5) is 0. The standard InChI is InChI=1S/C8H19NSi2.Na.H/c1-7-10(8-2)9(3)11(4,5)6;;/h7-8,10H,1-2H2,3-6H3;;/q;+1;-1. The molecule has 0 N–H and O–H groups in total. The minimum absolute atomic E-state index is 0. The Hall–Kier alpha value is 0.874. The second-order valence-corrected chi connectivity index (χ2v) is 12.0. The molecule has 0 rings (SSSR count). The molecule has 0 saturated heterocycles. The first-order chi connectivity index (χ1) is 4.93. The third kappa shape index (κ3) is 4.79. The predicted molar refractivity (Wildman–Crippen MR) is 59.8 cm³/mol. The number of hydrogen-bond donors (Lipinski definition) is 0. The quantitative estimate of drug-likeness (QED) is 0.539. The van der Waals surface area contributed by atoms with Crippen molar-refractivity contribution >= 4 is 17.2 Å². The van der Waals surface area contributed by atoms with Crippen LogP contribution in [0.3, 0.4) is 0 Å². The van der Waals surface area contributed by atoms with Gasteiger partial charge in [0.05, 0.1) is 0 Å². The van der Waals surface area contributed by atoms with E-state index in [4.69, 9.17) is 0 Å². The summed E-state index contributed by atoms with van der Waals surface area (Å²) < 4.78 is 2.51. The Kier molecular flexibility index (Phi) is 8.12. The van der Waals surface area contributed by atoms with Crippen LogP contribution in [0.15, 0.2) is 24.6 Å². The molecular weight excluding hydrogens is 189 g/mol. The summed E-state index contributed by atoms with van der Waals surface area (Å²) >= 11 is 0. The monoisotopic (exact) mass is 209 g/mol. The average molecular weight is 209 g/mol. The van der Waals surface area contributed by atoms with E-state index >= 15 is 0 Å². The third-order valence-electron chi connectivity index (χ3n) is 1.99. The fourth-order valence-electron chi connectivity index (χ4n) is 0.860. The van der Waals surface area contributed by atoms with Crippen LogP contribution in [0, 0.1) is 0 Å². The van der Waals surface area contributed by atoms with Gasteiger partial charge in [0.2, 0.25) is 0 Å². The van der Waals surface area contributed by atoms with Gasteiger partial charge in [-0.15, -0.1) is 13.2 Å². The van der Waals surface area contributed by atoms with Crippen LogP contribution in [0.5, 0.6) is 0 Å². The molecule has 0 unspecified atom stereocenters. The largest absolute Gasteiger partial charge is 1.00 e. The van der Waals surface area contributed by atoms with Crippen molar-refractivity contribution in [1.29, 1.82) is 0 Å². The third-order valence-corrected chi connectivity index (χ3v) is 9.18. The number of hydrogen-bond acceptors (Lipinski definition) is 1. The molecule has 0 fully saturated rings. The Morgan fingerprint density at radius 2 is 1.58 bits per heavy atom. The molecule has 0 aromatic heterocycles. The molecule has 4 heteroatoms. The van der Waals surface area contributed by atoms with E-state index in [0.29, 0.717) is 0 Å². The molecule has 0 saturated carbocycles. The molecule has 0 heterocycles. The van der Waals surface area contributed by atoms with Gasteiger partial charge in [0.15, 0.2) is 8.96 Å².